The summed E-state index contributed by atoms with van der Waals surface area (Å²) in [6.07, 6.45) is 0.704. The summed E-state index contributed by atoms with van der Waals surface area (Å²) in [4.78, 5) is 35.4. The first-order chi connectivity index (χ1) is 13.4. The average Bonchev–Trinajstić information content (AvgIpc) is 2.98. The number of esters is 2. The number of aromatic nitrogens is 1. The molecule has 0 saturated heterocycles. The van der Waals surface area contributed by atoms with E-state index in [4.69, 9.17) is 9.47 Å². The molecule has 0 radical (unpaired) electrons. The predicted molar refractivity (Wildman–Crippen MR) is 104 cm³/mol. The average molecular weight is 386 g/mol. The maximum Gasteiger partial charge on any atom is 0.340 e. The van der Waals surface area contributed by atoms with Crippen LogP contribution < -0.4 is 5.32 Å². The van der Waals surface area contributed by atoms with Gasteiger partial charge in [-0.2, -0.15) is 0 Å². The van der Waals surface area contributed by atoms with Gasteiger partial charge in [0.2, 0.25) is 0 Å². The topological polar surface area (TPSA) is 86.6 Å². The number of hydrogen-bond acceptors (Lipinski definition) is 5. The molecule has 1 N–H and O–H groups in total. The van der Waals surface area contributed by atoms with Crippen molar-refractivity contribution in [2.24, 2.45) is 0 Å². The summed E-state index contributed by atoms with van der Waals surface area (Å²) in [6.45, 7) is 5.78. The summed E-state index contributed by atoms with van der Waals surface area (Å²) < 4.78 is 11.9. The fourth-order valence-corrected chi connectivity index (χ4v) is 2.90. The Morgan fingerprint density at radius 3 is 2.46 bits per heavy atom. The summed E-state index contributed by atoms with van der Waals surface area (Å²) in [5.74, 6) is -1.25. The lowest BCUT2D eigenvalue weighted by Gasteiger charge is -2.10. The maximum absolute atomic E-state index is 12.4. The van der Waals surface area contributed by atoms with Crippen LogP contribution in [-0.4, -0.2) is 42.2 Å². The first-order valence-corrected chi connectivity index (χ1v) is 9.27. The van der Waals surface area contributed by atoms with Gasteiger partial charge in [0.05, 0.1) is 12.2 Å². The highest BCUT2D eigenvalue weighted by atomic mass is 16.5. The number of nitrogens with one attached hydrogen (secondary N) is 1. The Kier molecular flexibility index (Phi) is 7.80. The van der Waals surface area contributed by atoms with Crippen molar-refractivity contribution in [3.05, 3.63) is 53.3 Å². The maximum atomic E-state index is 12.4. The van der Waals surface area contributed by atoms with Crippen molar-refractivity contribution >= 4 is 17.8 Å². The molecule has 0 fully saturated rings. The number of para-hydroxylation sites is 1. The number of carbonyl (C=O) groups is 3. The van der Waals surface area contributed by atoms with Crippen LogP contribution in [0.25, 0.3) is 5.69 Å². The monoisotopic (exact) mass is 386 g/mol. The largest absolute Gasteiger partial charge is 0.466 e. The van der Waals surface area contributed by atoms with Gasteiger partial charge in [-0.3, -0.25) is 9.59 Å². The lowest BCUT2D eigenvalue weighted by Crippen LogP contribution is -2.30. The molecule has 1 aromatic heterocycles. The first kappa shape index (κ1) is 21.2. The molecule has 28 heavy (non-hydrogen) atoms. The van der Waals surface area contributed by atoms with E-state index in [1.165, 1.54) is 0 Å². The minimum absolute atomic E-state index is 0.235. The van der Waals surface area contributed by atoms with Crippen molar-refractivity contribution in [1.29, 1.82) is 0 Å². The van der Waals surface area contributed by atoms with E-state index in [1.807, 2.05) is 48.7 Å². The van der Waals surface area contributed by atoms with E-state index >= 15 is 0 Å². The smallest absolute Gasteiger partial charge is 0.340 e. The third kappa shape index (κ3) is 5.70. The van der Waals surface area contributed by atoms with E-state index in [2.05, 4.69) is 5.32 Å². The van der Waals surface area contributed by atoms with Crippen LogP contribution in [0.1, 0.15) is 41.5 Å². The van der Waals surface area contributed by atoms with Gasteiger partial charge in [0, 0.05) is 30.0 Å². The Bertz CT molecular complexity index is 827. The van der Waals surface area contributed by atoms with E-state index in [-0.39, 0.29) is 19.0 Å². The van der Waals surface area contributed by atoms with Crippen LogP contribution in [-0.2, 0) is 19.1 Å². The molecule has 0 aliphatic carbocycles. The molecule has 0 aliphatic heterocycles. The highest BCUT2D eigenvalue weighted by Gasteiger charge is 2.18. The molecule has 1 heterocycles. The van der Waals surface area contributed by atoms with Crippen molar-refractivity contribution < 1.29 is 23.9 Å². The number of carbonyl (C=O) groups excluding carboxylic acids is 3. The van der Waals surface area contributed by atoms with Gasteiger partial charge in [0.25, 0.3) is 5.91 Å². The number of ether oxygens (including phenoxy) is 2. The fourth-order valence-electron chi connectivity index (χ4n) is 2.90. The zero-order chi connectivity index (χ0) is 20.5. The van der Waals surface area contributed by atoms with E-state index in [0.717, 1.165) is 17.1 Å². The molecule has 1 aromatic carbocycles. The zero-order valence-electron chi connectivity index (χ0n) is 16.5. The second kappa shape index (κ2) is 10.3. The minimum Gasteiger partial charge on any atom is -0.466 e. The Labute approximate surface area is 164 Å². The summed E-state index contributed by atoms with van der Waals surface area (Å²) in [6, 6.07) is 11.5. The van der Waals surface area contributed by atoms with Gasteiger partial charge in [-0.25, -0.2) is 4.79 Å². The van der Waals surface area contributed by atoms with Crippen LogP contribution in [0.15, 0.2) is 36.4 Å². The number of amides is 1. The number of hydrogen-bond donors (Lipinski definition) is 1. The highest BCUT2D eigenvalue weighted by Crippen LogP contribution is 2.21. The molecule has 7 nitrogen and oxygen atoms in total. The molecular weight excluding hydrogens is 360 g/mol. The van der Waals surface area contributed by atoms with Crippen molar-refractivity contribution in [2.45, 2.75) is 33.6 Å². The van der Waals surface area contributed by atoms with Gasteiger partial charge in [-0.15, -0.1) is 0 Å². The molecule has 0 aliphatic rings. The molecule has 2 aromatic rings. The lowest BCUT2D eigenvalue weighted by molar-refractivity contribution is -0.143. The van der Waals surface area contributed by atoms with Gasteiger partial charge >= 0.3 is 11.9 Å². The van der Waals surface area contributed by atoms with Crippen LogP contribution in [0.3, 0.4) is 0 Å². The van der Waals surface area contributed by atoms with Gasteiger partial charge in [-0.05, 0) is 45.4 Å². The van der Waals surface area contributed by atoms with Gasteiger partial charge < -0.3 is 19.4 Å². The minimum atomic E-state index is -0.544. The van der Waals surface area contributed by atoms with E-state index < -0.39 is 11.9 Å². The Hall–Kier alpha value is -3.09. The summed E-state index contributed by atoms with van der Waals surface area (Å²) in [5.41, 5.74) is 3.04. The van der Waals surface area contributed by atoms with Crippen molar-refractivity contribution in [1.82, 2.24) is 9.88 Å². The second-order valence-electron chi connectivity index (χ2n) is 6.29. The van der Waals surface area contributed by atoms with Crippen molar-refractivity contribution in [3.8, 4) is 5.69 Å². The quantitative estimate of drug-likeness (QED) is 0.529. The summed E-state index contributed by atoms with van der Waals surface area (Å²) >= 11 is 0. The van der Waals surface area contributed by atoms with Crippen molar-refractivity contribution in [3.63, 3.8) is 0 Å². The molecule has 2 rings (SSSR count). The van der Waals surface area contributed by atoms with Crippen LogP contribution in [0.5, 0.6) is 0 Å². The van der Waals surface area contributed by atoms with Gasteiger partial charge in [0.1, 0.15) is 0 Å². The van der Waals surface area contributed by atoms with Gasteiger partial charge in [0.15, 0.2) is 6.61 Å². The first-order valence-electron chi connectivity index (χ1n) is 9.27. The Morgan fingerprint density at radius 1 is 1.07 bits per heavy atom. The molecule has 150 valence electrons. The zero-order valence-corrected chi connectivity index (χ0v) is 16.5. The third-order valence-electron chi connectivity index (χ3n) is 4.18. The third-order valence-corrected chi connectivity index (χ3v) is 4.18. The van der Waals surface area contributed by atoms with Gasteiger partial charge in [-0.1, -0.05) is 18.2 Å². The molecule has 0 unspecified atom stereocenters. The Balaban J connectivity index is 1.85. The molecular formula is C21H26N2O5. The highest BCUT2D eigenvalue weighted by molar-refractivity contribution is 5.93. The Morgan fingerprint density at radius 2 is 1.79 bits per heavy atom. The van der Waals surface area contributed by atoms with E-state index in [9.17, 15) is 14.4 Å². The molecule has 0 bridgehead atoms. The van der Waals surface area contributed by atoms with Crippen LogP contribution >= 0.6 is 0 Å². The second-order valence-corrected chi connectivity index (χ2v) is 6.29. The number of rotatable bonds is 9. The summed E-state index contributed by atoms with van der Waals surface area (Å²) in [7, 11) is 0. The van der Waals surface area contributed by atoms with Crippen LogP contribution in [0.2, 0.25) is 0 Å². The molecule has 0 atom stereocenters. The SMILES string of the molecule is CCOC(=O)CCCNC(=O)COC(=O)c1cc(C)n(-c2ccccc2)c1C. The number of nitrogens with zero attached hydrogens (tertiary/aromatic N) is 1. The molecule has 7 heteroatoms. The van der Waals surface area contributed by atoms with E-state index in [0.29, 0.717) is 25.1 Å². The van der Waals surface area contributed by atoms with Crippen LogP contribution in [0.4, 0.5) is 0 Å². The fraction of sp³-hybridized carbons (Fsp3) is 0.381. The molecule has 1 amide bonds. The number of aryl methyl sites for hydroxylation is 1. The molecule has 0 spiro atoms. The normalized spacial score (nSPS) is 10.4. The number of benzene rings is 1. The molecule has 0 saturated carbocycles. The van der Waals surface area contributed by atoms with Crippen molar-refractivity contribution in [2.75, 3.05) is 19.8 Å². The van der Waals surface area contributed by atoms with E-state index in [1.54, 1.807) is 13.0 Å². The summed E-state index contributed by atoms with van der Waals surface area (Å²) in [5, 5.41) is 2.61. The lowest BCUT2D eigenvalue weighted by atomic mass is 10.2. The van der Waals surface area contributed by atoms with Crippen LogP contribution in [0, 0.1) is 13.8 Å². The predicted octanol–water partition coefficient (Wildman–Crippen LogP) is 2.71. The standard InChI is InChI=1S/C21H26N2O5/c1-4-27-20(25)11-8-12-22-19(24)14-28-21(26)18-13-15(2)23(16(18)3)17-9-6-5-7-10-17/h5-7,9-10,13H,4,8,11-12,14H2,1-3H3,(H,22,24).